The molecule has 0 unspecified atom stereocenters. The Balaban J connectivity index is 2.50. The second kappa shape index (κ2) is 4.06. The summed E-state index contributed by atoms with van der Waals surface area (Å²) in [6, 6.07) is 0. The summed E-state index contributed by atoms with van der Waals surface area (Å²) >= 11 is 2.26. The number of halogens is 1. The lowest BCUT2D eigenvalue weighted by molar-refractivity contribution is 0.267. The Morgan fingerprint density at radius 3 is 2.91 bits per heavy atom. The van der Waals surface area contributed by atoms with Gasteiger partial charge in [0.05, 0.1) is 16.4 Å². The second-order valence-electron chi connectivity index (χ2n) is 2.51. The molecule has 0 aliphatic heterocycles. The smallest absolute Gasteiger partial charge is 0.0926 e. The van der Waals surface area contributed by atoms with Crippen LogP contribution in [0.5, 0.6) is 0 Å². The molecular weight excluding hydrogens is 253 g/mol. The van der Waals surface area contributed by atoms with Gasteiger partial charge >= 0.3 is 0 Å². The van der Waals surface area contributed by atoms with E-state index in [0.29, 0.717) is 0 Å². The molecule has 1 aromatic heterocycles. The largest absolute Gasteiger partial charge is 0.288 e. The fourth-order valence-corrected chi connectivity index (χ4v) is 1.21. The Morgan fingerprint density at radius 1 is 1.73 bits per heavy atom. The molecule has 0 N–H and O–H groups in total. The van der Waals surface area contributed by atoms with Gasteiger partial charge in [0.1, 0.15) is 0 Å². The number of hydrogen-bond donors (Lipinski definition) is 0. The summed E-state index contributed by atoms with van der Waals surface area (Å²) in [5.74, 6) is 0. The molecule has 1 rings (SSSR count). The van der Waals surface area contributed by atoms with Crippen molar-refractivity contribution >= 4 is 22.6 Å². The molecule has 0 atom stereocenters. The van der Waals surface area contributed by atoms with E-state index in [1.807, 2.05) is 17.1 Å². The van der Waals surface area contributed by atoms with Crippen molar-refractivity contribution in [3.05, 3.63) is 16.0 Å². The Labute approximate surface area is 80.5 Å². The summed E-state index contributed by atoms with van der Waals surface area (Å²) in [5.41, 5.74) is 0. The number of hydrogen-bond acceptors (Lipinski definition) is 2. The van der Waals surface area contributed by atoms with E-state index in [1.165, 1.54) is 3.57 Å². The second-order valence-corrected chi connectivity index (χ2v) is 3.76. The summed E-state index contributed by atoms with van der Waals surface area (Å²) in [6.07, 6.45) is 3.90. The van der Waals surface area contributed by atoms with Gasteiger partial charge in [-0.05, 0) is 36.2 Å². The van der Waals surface area contributed by atoms with Crippen LogP contribution in [-0.4, -0.2) is 28.3 Å². The molecule has 11 heavy (non-hydrogen) atoms. The molecule has 62 valence electrons. The molecule has 0 amide bonds. The van der Waals surface area contributed by atoms with E-state index in [4.69, 9.17) is 0 Å². The average Bonchev–Trinajstić information content (AvgIpc) is 2.35. The summed E-state index contributed by atoms with van der Waals surface area (Å²) in [5, 5.41) is 4.17. The molecule has 0 saturated heterocycles. The van der Waals surface area contributed by atoms with E-state index in [1.54, 1.807) is 0 Å². The van der Waals surface area contributed by atoms with Crippen LogP contribution < -0.4 is 0 Å². The van der Waals surface area contributed by atoms with Gasteiger partial charge in [0, 0.05) is 6.20 Å². The maximum atomic E-state index is 4.17. The summed E-state index contributed by atoms with van der Waals surface area (Å²) < 4.78 is 3.12. The maximum Gasteiger partial charge on any atom is 0.0926 e. The van der Waals surface area contributed by atoms with Crippen molar-refractivity contribution in [1.29, 1.82) is 0 Å². The molecule has 0 spiro atoms. The summed E-state index contributed by atoms with van der Waals surface area (Å²) in [4.78, 5) is 2.20. The van der Waals surface area contributed by atoms with Gasteiger partial charge in [-0.15, -0.1) is 0 Å². The number of aromatic nitrogens is 2. The van der Waals surface area contributed by atoms with E-state index in [-0.39, 0.29) is 0 Å². The van der Waals surface area contributed by atoms with Crippen molar-refractivity contribution in [1.82, 2.24) is 14.7 Å². The van der Waals surface area contributed by atoms with Crippen LogP contribution in [0.2, 0.25) is 0 Å². The minimum absolute atomic E-state index is 0.875. The standard InChI is InChI=1S/C7H12IN3/c1-3-10(2)6-11-5-7(8)4-9-11/h4-5H,3,6H2,1-2H3. The molecule has 0 aromatic carbocycles. The Bertz CT molecular complexity index is 221. The Morgan fingerprint density at radius 2 is 2.45 bits per heavy atom. The summed E-state index contributed by atoms with van der Waals surface area (Å²) in [7, 11) is 2.08. The zero-order valence-electron chi connectivity index (χ0n) is 6.79. The van der Waals surface area contributed by atoms with Gasteiger partial charge in [-0.2, -0.15) is 5.10 Å². The topological polar surface area (TPSA) is 21.1 Å². The van der Waals surface area contributed by atoms with E-state index in [0.717, 1.165) is 13.2 Å². The van der Waals surface area contributed by atoms with E-state index in [9.17, 15) is 0 Å². The normalized spacial score (nSPS) is 10.9. The number of rotatable bonds is 3. The van der Waals surface area contributed by atoms with Crippen LogP contribution in [0.4, 0.5) is 0 Å². The van der Waals surface area contributed by atoms with Crippen LogP contribution in [0.25, 0.3) is 0 Å². The molecule has 0 saturated carbocycles. The first-order chi connectivity index (χ1) is 5.22. The fourth-order valence-electron chi connectivity index (χ4n) is 0.763. The van der Waals surface area contributed by atoms with Crippen LogP contribution in [0.3, 0.4) is 0 Å². The molecule has 3 nitrogen and oxygen atoms in total. The predicted octanol–water partition coefficient (Wildman–Crippen LogP) is 1.40. The van der Waals surface area contributed by atoms with Gasteiger partial charge in [0.2, 0.25) is 0 Å². The molecule has 1 heterocycles. The lowest BCUT2D eigenvalue weighted by Gasteiger charge is -2.12. The molecule has 1 aromatic rings. The minimum atomic E-state index is 0.875. The minimum Gasteiger partial charge on any atom is -0.288 e. The van der Waals surface area contributed by atoms with Crippen molar-refractivity contribution in [3.8, 4) is 0 Å². The highest BCUT2D eigenvalue weighted by atomic mass is 127. The molecule has 0 aliphatic rings. The molecule has 4 heteroatoms. The van der Waals surface area contributed by atoms with Gasteiger partial charge in [-0.3, -0.25) is 9.58 Å². The van der Waals surface area contributed by atoms with Crippen LogP contribution in [-0.2, 0) is 6.67 Å². The lowest BCUT2D eigenvalue weighted by atomic mass is 10.6. The van der Waals surface area contributed by atoms with Gasteiger partial charge in [0.25, 0.3) is 0 Å². The highest BCUT2D eigenvalue weighted by Gasteiger charge is 1.96. The zero-order chi connectivity index (χ0) is 8.27. The third-order valence-corrected chi connectivity index (χ3v) is 2.08. The molecule has 0 aliphatic carbocycles. The third-order valence-electron chi connectivity index (χ3n) is 1.53. The SMILES string of the molecule is CCN(C)Cn1cc(I)cn1. The predicted molar refractivity (Wildman–Crippen MR) is 53.2 cm³/mol. The van der Waals surface area contributed by atoms with Crippen LogP contribution >= 0.6 is 22.6 Å². The van der Waals surface area contributed by atoms with Crippen molar-refractivity contribution in [2.45, 2.75) is 13.6 Å². The first-order valence-corrected chi connectivity index (χ1v) is 4.66. The van der Waals surface area contributed by atoms with E-state index < -0.39 is 0 Å². The molecule has 0 bridgehead atoms. The highest BCUT2D eigenvalue weighted by Crippen LogP contribution is 2.01. The quantitative estimate of drug-likeness (QED) is 0.770. The van der Waals surface area contributed by atoms with Crippen molar-refractivity contribution in [2.24, 2.45) is 0 Å². The first kappa shape index (κ1) is 8.99. The van der Waals surface area contributed by atoms with Gasteiger partial charge < -0.3 is 0 Å². The van der Waals surface area contributed by atoms with Crippen molar-refractivity contribution < 1.29 is 0 Å². The Kier molecular flexibility index (Phi) is 3.32. The van der Waals surface area contributed by atoms with Crippen molar-refractivity contribution in [3.63, 3.8) is 0 Å². The monoisotopic (exact) mass is 265 g/mol. The first-order valence-electron chi connectivity index (χ1n) is 3.59. The molecule has 0 radical (unpaired) electrons. The maximum absolute atomic E-state index is 4.17. The summed E-state index contributed by atoms with van der Waals surface area (Å²) in [6.45, 7) is 4.06. The van der Waals surface area contributed by atoms with Crippen LogP contribution in [0, 0.1) is 3.57 Å². The van der Waals surface area contributed by atoms with Gasteiger partial charge in [0.15, 0.2) is 0 Å². The van der Waals surface area contributed by atoms with Crippen molar-refractivity contribution in [2.75, 3.05) is 13.6 Å². The van der Waals surface area contributed by atoms with Crippen LogP contribution in [0.1, 0.15) is 6.92 Å². The fraction of sp³-hybridized carbons (Fsp3) is 0.571. The van der Waals surface area contributed by atoms with Gasteiger partial charge in [-0.25, -0.2) is 0 Å². The lowest BCUT2D eigenvalue weighted by Crippen LogP contribution is -2.21. The van der Waals surface area contributed by atoms with Crippen LogP contribution in [0.15, 0.2) is 12.4 Å². The third kappa shape index (κ3) is 2.78. The van der Waals surface area contributed by atoms with E-state index >= 15 is 0 Å². The molecular formula is C7H12IN3. The highest BCUT2D eigenvalue weighted by molar-refractivity contribution is 14.1. The number of nitrogens with zero attached hydrogens (tertiary/aromatic N) is 3. The van der Waals surface area contributed by atoms with Gasteiger partial charge in [-0.1, -0.05) is 6.92 Å². The molecule has 0 fully saturated rings. The van der Waals surface area contributed by atoms with E-state index in [2.05, 4.69) is 46.6 Å². The Hall–Kier alpha value is -0.100. The average molecular weight is 265 g/mol. The zero-order valence-corrected chi connectivity index (χ0v) is 8.95.